The molecule has 256 valence electrons. The first-order valence-electron chi connectivity index (χ1n) is 16.0. The summed E-state index contributed by atoms with van der Waals surface area (Å²) in [4.78, 5) is 54.1. The number of nitrogens with zero attached hydrogens (tertiary/aromatic N) is 2. The Morgan fingerprint density at radius 1 is 0.878 bits per heavy atom. The molecule has 0 saturated carbocycles. The number of benzene rings is 3. The Morgan fingerprint density at radius 3 is 1.94 bits per heavy atom. The second kappa shape index (κ2) is 13.4. The minimum atomic E-state index is -3.07. The summed E-state index contributed by atoms with van der Waals surface area (Å²) >= 11 is 0. The third-order valence-electron chi connectivity index (χ3n) is 9.18. The number of aryl methyl sites for hydroxylation is 1. The highest BCUT2D eigenvalue weighted by Gasteiger charge is 2.53. The van der Waals surface area contributed by atoms with Crippen molar-refractivity contribution < 1.29 is 33.7 Å². The quantitative estimate of drug-likeness (QED) is 0.167. The maximum Gasteiger partial charge on any atom is 0.330 e. The van der Waals surface area contributed by atoms with Crippen molar-refractivity contribution >= 4 is 30.5 Å². The van der Waals surface area contributed by atoms with E-state index in [9.17, 15) is 29.4 Å². The number of aromatic nitrogens is 2. The second-order valence-corrected chi connectivity index (χ2v) is 17.6. The van der Waals surface area contributed by atoms with E-state index in [1.165, 1.54) is 25.3 Å². The number of fused-ring (bicyclic) bond motifs is 1. The van der Waals surface area contributed by atoms with Crippen molar-refractivity contribution in [2.75, 3.05) is 13.2 Å². The lowest BCUT2D eigenvalue weighted by Gasteiger charge is -2.43. The molecule has 2 aliphatic heterocycles. The Kier molecular flexibility index (Phi) is 9.41. The molecule has 0 radical (unpaired) electrons. The molecule has 2 amide bonds. The van der Waals surface area contributed by atoms with Crippen molar-refractivity contribution in [3.05, 3.63) is 129 Å². The first kappa shape index (κ1) is 34.4. The molecule has 3 N–H and O–H groups in total. The molecule has 1 fully saturated rings. The van der Waals surface area contributed by atoms with Crippen LogP contribution < -0.4 is 21.6 Å². The average Bonchev–Trinajstić information content (AvgIpc) is 3.53. The van der Waals surface area contributed by atoms with Crippen LogP contribution in [0.25, 0.3) is 0 Å². The first-order chi connectivity index (χ1) is 23.3. The standard InChI is InChI=1S/C36H39N3O9Si/c1-22-19-38(35(45)37-31(22)42)34-30(46-21-28(40)39-32(43)25-17-11-12-18-26(25)33(39)44)29(41)27(48-34)20-47-49(36(2,3)4,23-13-7-5-8-14-23)24-15-9-6-10-16-24/h5-19,27-30,34,40-41H,20-21H2,1-4H3,(H,37,42,45)/t27-,28?,29?,30?,34-/m0/s1. The smallest absolute Gasteiger partial charge is 0.330 e. The van der Waals surface area contributed by atoms with Gasteiger partial charge in [-0.1, -0.05) is 93.6 Å². The van der Waals surface area contributed by atoms with Gasteiger partial charge in [0, 0.05) is 11.8 Å². The summed E-state index contributed by atoms with van der Waals surface area (Å²) in [5, 5.41) is 24.4. The Labute approximate surface area is 283 Å². The van der Waals surface area contributed by atoms with E-state index < -0.39 is 68.8 Å². The van der Waals surface area contributed by atoms with Gasteiger partial charge in [-0.3, -0.25) is 23.9 Å². The van der Waals surface area contributed by atoms with E-state index in [1.807, 2.05) is 60.7 Å². The molecule has 0 bridgehead atoms. The van der Waals surface area contributed by atoms with Crippen molar-refractivity contribution in [3.8, 4) is 0 Å². The van der Waals surface area contributed by atoms with Crippen LogP contribution in [0.1, 0.15) is 53.3 Å². The van der Waals surface area contributed by atoms with Crippen LogP contribution in [0.2, 0.25) is 5.04 Å². The third-order valence-corrected chi connectivity index (χ3v) is 14.2. The van der Waals surface area contributed by atoms with Crippen LogP contribution in [-0.2, 0) is 13.9 Å². The summed E-state index contributed by atoms with van der Waals surface area (Å²) in [5.74, 6) is -1.36. The molecule has 4 aromatic rings. The molecule has 49 heavy (non-hydrogen) atoms. The van der Waals surface area contributed by atoms with E-state index in [-0.39, 0.29) is 28.3 Å². The van der Waals surface area contributed by atoms with Gasteiger partial charge in [0.2, 0.25) is 0 Å². The number of aliphatic hydroxyl groups excluding tert-OH is 2. The van der Waals surface area contributed by atoms with Crippen LogP contribution in [0.15, 0.2) is 101 Å². The number of carbonyl (C=O) groups excluding carboxylic acids is 2. The van der Waals surface area contributed by atoms with E-state index in [4.69, 9.17) is 13.9 Å². The Hall–Kier alpha value is -4.50. The Balaban J connectivity index is 1.31. The fourth-order valence-corrected chi connectivity index (χ4v) is 11.3. The van der Waals surface area contributed by atoms with Gasteiger partial charge in [0.1, 0.15) is 18.3 Å². The molecule has 3 heterocycles. The summed E-state index contributed by atoms with van der Waals surface area (Å²) < 4.78 is 20.4. The number of H-pyrrole nitrogens is 1. The number of hydrogen-bond donors (Lipinski definition) is 3. The maximum absolute atomic E-state index is 13.0. The van der Waals surface area contributed by atoms with Crippen LogP contribution in [0.3, 0.4) is 0 Å². The zero-order valence-electron chi connectivity index (χ0n) is 27.6. The molecule has 6 rings (SSSR count). The molecule has 1 aromatic heterocycles. The lowest BCUT2D eigenvalue weighted by molar-refractivity contribution is -0.108. The van der Waals surface area contributed by atoms with Crippen molar-refractivity contribution in [3.63, 3.8) is 0 Å². The van der Waals surface area contributed by atoms with Gasteiger partial charge in [0.25, 0.3) is 25.7 Å². The summed E-state index contributed by atoms with van der Waals surface area (Å²) in [6.45, 7) is 7.18. The molecule has 3 unspecified atom stereocenters. The number of hydrogen-bond acceptors (Lipinski definition) is 9. The fraction of sp³-hybridized carbons (Fsp3) is 0.333. The van der Waals surface area contributed by atoms with Gasteiger partial charge in [0.05, 0.1) is 24.3 Å². The number of amides is 2. The minimum absolute atomic E-state index is 0.0944. The van der Waals surface area contributed by atoms with Gasteiger partial charge in [-0.15, -0.1) is 0 Å². The van der Waals surface area contributed by atoms with Crippen molar-refractivity contribution in [1.29, 1.82) is 0 Å². The number of aromatic amines is 1. The van der Waals surface area contributed by atoms with E-state index >= 15 is 0 Å². The van der Waals surface area contributed by atoms with Gasteiger partial charge >= 0.3 is 5.69 Å². The zero-order chi connectivity index (χ0) is 35.1. The van der Waals surface area contributed by atoms with Crippen LogP contribution >= 0.6 is 0 Å². The summed E-state index contributed by atoms with van der Waals surface area (Å²) in [6, 6.07) is 26.1. The molecule has 13 heteroatoms. The lowest BCUT2D eigenvalue weighted by Crippen LogP contribution is -2.67. The predicted octanol–water partition coefficient (Wildman–Crippen LogP) is 1.68. The number of aliphatic hydroxyl groups is 2. The molecule has 2 aliphatic rings. The molecular weight excluding hydrogens is 646 g/mol. The predicted molar refractivity (Wildman–Crippen MR) is 182 cm³/mol. The number of rotatable bonds is 10. The Bertz CT molecular complexity index is 1880. The second-order valence-electron chi connectivity index (χ2n) is 13.3. The number of imide groups is 1. The number of carbonyl (C=O) groups is 2. The molecule has 1 saturated heterocycles. The molecule has 0 spiro atoms. The van der Waals surface area contributed by atoms with E-state index in [1.54, 1.807) is 12.1 Å². The first-order valence-corrected chi connectivity index (χ1v) is 17.9. The summed E-state index contributed by atoms with van der Waals surface area (Å²) in [5.41, 5.74) is -0.843. The molecule has 0 aliphatic carbocycles. The topological polar surface area (TPSA) is 160 Å². The van der Waals surface area contributed by atoms with Gasteiger partial charge in [-0.2, -0.15) is 0 Å². The van der Waals surface area contributed by atoms with E-state index in [0.29, 0.717) is 4.90 Å². The van der Waals surface area contributed by atoms with Crippen LogP contribution in [0.4, 0.5) is 0 Å². The van der Waals surface area contributed by atoms with Crippen molar-refractivity contribution in [1.82, 2.24) is 14.5 Å². The highest BCUT2D eigenvalue weighted by atomic mass is 28.4. The monoisotopic (exact) mass is 685 g/mol. The number of nitrogens with one attached hydrogen (secondary N) is 1. The van der Waals surface area contributed by atoms with Crippen LogP contribution in [0.5, 0.6) is 0 Å². The summed E-state index contributed by atoms with van der Waals surface area (Å²) in [6.07, 6.45) is -5.35. The van der Waals surface area contributed by atoms with Gasteiger partial charge in [-0.25, -0.2) is 9.69 Å². The summed E-state index contributed by atoms with van der Waals surface area (Å²) in [7, 11) is -3.07. The highest BCUT2D eigenvalue weighted by molar-refractivity contribution is 6.99. The van der Waals surface area contributed by atoms with E-state index in [0.717, 1.165) is 14.9 Å². The van der Waals surface area contributed by atoms with Gasteiger partial charge in [-0.05, 0) is 34.5 Å². The molecular formula is C36H39N3O9Si. The molecule has 12 nitrogen and oxygen atoms in total. The maximum atomic E-state index is 13.0. The third kappa shape index (κ3) is 6.13. The van der Waals surface area contributed by atoms with Crippen molar-refractivity contribution in [2.45, 2.75) is 63.5 Å². The normalized spacial score (nSPS) is 21.6. The van der Waals surface area contributed by atoms with Crippen LogP contribution in [0, 0.1) is 6.92 Å². The zero-order valence-corrected chi connectivity index (χ0v) is 28.6. The van der Waals surface area contributed by atoms with E-state index in [2.05, 4.69) is 25.8 Å². The molecule has 5 atom stereocenters. The van der Waals surface area contributed by atoms with Gasteiger partial charge < -0.3 is 24.1 Å². The van der Waals surface area contributed by atoms with Crippen molar-refractivity contribution in [2.24, 2.45) is 0 Å². The SMILES string of the molecule is Cc1cn([C@H]2O[C@@H](CO[Si](c3ccccc3)(c3ccccc3)C(C)(C)C)C(O)C2OCC(O)N2C(=O)c3ccccc3C2=O)c(=O)[nH]c1=O. The molecule has 3 aromatic carbocycles. The van der Waals surface area contributed by atoms with Crippen LogP contribution in [-0.4, -0.2) is 82.5 Å². The lowest BCUT2D eigenvalue weighted by atomic mass is 10.1. The minimum Gasteiger partial charge on any atom is -0.405 e. The number of ether oxygens (including phenoxy) is 2. The largest absolute Gasteiger partial charge is 0.405 e. The Morgan fingerprint density at radius 2 is 1.41 bits per heavy atom. The highest BCUT2D eigenvalue weighted by Crippen LogP contribution is 2.38. The fourth-order valence-electron chi connectivity index (χ4n) is 6.75. The van der Waals surface area contributed by atoms with Gasteiger partial charge in [0.15, 0.2) is 12.5 Å². The average molecular weight is 686 g/mol.